The first-order valence-corrected chi connectivity index (χ1v) is 11.0. The van der Waals surface area contributed by atoms with Crippen LogP contribution in [-0.4, -0.2) is 40.9 Å². The molecule has 0 aliphatic rings. The van der Waals surface area contributed by atoms with Gasteiger partial charge >= 0.3 is 0 Å². The van der Waals surface area contributed by atoms with Gasteiger partial charge in [0.15, 0.2) is 17.6 Å². The minimum Gasteiger partial charge on any atom is -0.493 e. The first-order chi connectivity index (χ1) is 15.5. The molecule has 7 nitrogen and oxygen atoms in total. The van der Waals surface area contributed by atoms with E-state index in [4.69, 9.17) is 18.6 Å². The predicted octanol–water partition coefficient (Wildman–Crippen LogP) is 4.92. The van der Waals surface area contributed by atoms with Gasteiger partial charge in [-0.05, 0) is 55.8 Å². The van der Waals surface area contributed by atoms with Gasteiger partial charge in [-0.2, -0.15) is 0 Å². The van der Waals surface area contributed by atoms with Crippen molar-refractivity contribution in [2.75, 3.05) is 19.5 Å². The molecule has 170 valence electrons. The monoisotopic (exact) mass is 460 g/mol. The summed E-state index contributed by atoms with van der Waals surface area (Å²) >= 11 is 1.21. The number of halogens is 1. The van der Waals surface area contributed by atoms with Crippen molar-refractivity contribution in [1.29, 1.82) is 0 Å². The molecule has 0 saturated heterocycles. The van der Waals surface area contributed by atoms with Crippen molar-refractivity contribution >= 4 is 17.8 Å². The fraction of sp³-hybridized carbons (Fsp3) is 0.304. The molecule has 1 N–H and O–H groups in total. The Bertz CT molecular complexity index is 1030. The molecule has 0 radical (unpaired) electrons. The van der Waals surface area contributed by atoms with Crippen LogP contribution in [0, 0.1) is 5.82 Å². The van der Waals surface area contributed by atoms with Crippen LogP contribution >= 0.6 is 11.8 Å². The normalized spacial score (nSPS) is 13.2. The zero-order valence-electron chi connectivity index (χ0n) is 18.0. The van der Waals surface area contributed by atoms with E-state index in [1.807, 2.05) is 31.2 Å². The van der Waals surface area contributed by atoms with Gasteiger partial charge in [0.05, 0.1) is 13.2 Å². The maximum absolute atomic E-state index is 13.0. The molecule has 1 aromatic heterocycles. The molecule has 0 aliphatic carbocycles. The van der Waals surface area contributed by atoms with E-state index < -0.39 is 12.2 Å². The smallest absolute Gasteiger partial charge is 0.276 e. The third kappa shape index (κ3) is 6.73. The van der Waals surface area contributed by atoms with Gasteiger partial charge in [0.2, 0.25) is 0 Å². The zero-order valence-corrected chi connectivity index (χ0v) is 18.8. The van der Waals surface area contributed by atoms with E-state index in [0.717, 1.165) is 5.56 Å². The Balaban J connectivity index is 1.47. The Labute approximate surface area is 190 Å². The highest BCUT2D eigenvalue weighted by atomic mass is 32.2. The van der Waals surface area contributed by atoms with Crippen LogP contribution < -0.4 is 14.2 Å². The van der Waals surface area contributed by atoms with Crippen molar-refractivity contribution in [2.45, 2.75) is 31.3 Å². The molecular weight excluding hydrogens is 435 g/mol. The molecule has 0 aliphatic heterocycles. The van der Waals surface area contributed by atoms with Gasteiger partial charge in [-0.1, -0.05) is 30.0 Å². The Morgan fingerprint density at radius 3 is 2.66 bits per heavy atom. The fourth-order valence-electron chi connectivity index (χ4n) is 2.71. The Hall–Kier alpha value is -3.04. The summed E-state index contributed by atoms with van der Waals surface area (Å²) in [6.45, 7) is 3.77. The molecule has 2 aromatic carbocycles. The zero-order chi connectivity index (χ0) is 22.9. The topological polar surface area (TPSA) is 86.8 Å². The second-order valence-corrected chi connectivity index (χ2v) is 7.78. The van der Waals surface area contributed by atoms with Crippen LogP contribution in [0.3, 0.4) is 0 Å². The first kappa shape index (κ1) is 23.6. The largest absolute Gasteiger partial charge is 0.493 e. The molecule has 0 amide bonds. The van der Waals surface area contributed by atoms with Gasteiger partial charge < -0.3 is 23.7 Å². The quantitative estimate of drug-likeness (QED) is 0.404. The molecule has 0 spiro atoms. The highest BCUT2D eigenvalue weighted by Gasteiger charge is 2.17. The van der Waals surface area contributed by atoms with E-state index in [9.17, 15) is 9.50 Å². The van der Waals surface area contributed by atoms with Gasteiger partial charge in [-0.25, -0.2) is 4.39 Å². The number of allylic oxidation sites excluding steroid dienone is 1. The summed E-state index contributed by atoms with van der Waals surface area (Å²) in [5.41, 5.74) is 0.998. The number of ether oxygens (including phenoxy) is 3. The Kier molecular flexibility index (Phi) is 8.52. The number of methoxy groups -OCH3 is 1. The molecule has 3 aromatic rings. The van der Waals surface area contributed by atoms with Crippen molar-refractivity contribution in [1.82, 2.24) is 10.2 Å². The number of benzene rings is 2. The SMILES string of the molecule is C/C=C/c1ccc(OCC(O)CSc2nnc(C(C)Oc3ccc(F)cc3)o2)c(OC)c1. The van der Waals surface area contributed by atoms with E-state index in [1.54, 1.807) is 20.1 Å². The molecular formula is C23H25FN2O5S. The molecule has 3 rings (SSSR count). The van der Waals surface area contributed by atoms with Crippen molar-refractivity contribution in [3.8, 4) is 17.2 Å². The van der Waals surface area contributed by atoms with Crippen molar-refractivity contribution in [3.63, 3.8) is 0 Å². The summed E-state index contributed by atoms with van der Waals surface area (Å²) in [6.07, 6.45) is 2.63. The van der Waals surface area contributed by atoms with E-state index in [-0.39, 0.29) is 18.3 Å². The second kappa shape index (κ2) is 11.5. The predicted molar refractivity (Wildman–Crippen MR) is 120 cm³/mol. The maximum Gasteiger partial charge on any atom is 0.276 e. The summed E-state index contributed by atoms with van der Waals surface area (Å²) in [5.74, 6) is 1.89. The highest BCUT2D eigenvalue weighted by molar-refractivity contribution is 7.99. The molecule has 0 bridgehead atoms. The third-order valence-electron chi connectivity index (χ3n) is 4.27. The van der Waals surface area contributed by atoms with Crippen LogP contribution in [-0.2, 0) is 0 Å². The molecule has 1 heterocycles. The van der Waals surface area contributed by atoms with Crippen LogP contribution in [0.1, 0.15) is 31.4 Å². The number of aromatic nitrogens is 2. The first-order valence-electron chi connectivity index (χ1n) is 9.98. The average Bonchev–Trinajstić information content (AvgIpc) is 3.28. The number of aliphatic hydroxyl groups excluding tert-OH is 1. The Morgan fingerprint density at radius 2 is 1.94 bits per heavy atom. The van der Waals surface area contributed by atoms with Gasteiger partial charge in [0.25, 0.3) is 11.1 Å². The average molecular weight is 461 g/mol. The summed E-state index contributed by atoms with van der Waals surface area (Å²) in [6, 6.07) is 11.3. The van der Waals surface area contributed by atoms with Crippen LogP contribution in [0.25, 0.3) is 6.08 Å². The summed E-state index contributed by atoms with van der Waals surface area (Å²) in [4.78, 5) is 0. The van der Waals surface area contributed by atoms with Crippen molar-refractivity contribution in [2.24, 2.45) is 0 Å². The number of thioether (sulfide) groups is 1. The fourth-order valence-corrected chi connectivity index (χ4v) is 3.39. The van der Waals surface area contributed by atoms with Crippen LogP contribution in [0.4, 0.5) is 4.39 Å². The van der Waals surface area contributed by atoms with E-state index in [0.29, 0.717) is 28.2 Å². The minimum atomic E-state index is -0.761. The lowest BCUT2D eigenvalue weighted by Crippen LogP contribution is -2.20. The summed E-state index contributed by atoms with van der Waals surface area (Å²) < 4.78 is 35.3. The maximum atomic E-state index is 13.0. The lowest BCUT2D eigenvalue weighted by atomic mass is 10.2. The van der Waals surface area contributed by atoms with Gasteiger partial charge in [-0.3, -0.25) is 0 Å². The van der Waals surface area contributed by atoms with Crippen molar-refractivity contribution in [3.05, 3.63) is 65.8 Å². The highest BCUT2D eigenvalue weighted by Crippen LogP contribution is 2.29. The Morgan fingerprint density at radius 1 is 1.16 bits per heavy atom. The lowest BCUT2D eigenvalue weighted by Gasteiger charge is -2.14. The van der Waals surface area contributed by atoms with Gasteiger partial charge in [-0.15, -0.1) is 10.2 Å². The minimum absolute atomic E-state index is 0.0808. The standard InChI is InChI=1S/C23H25FN2O5S/c1-4-5-16-6-11-20(21(12-16)28-3)29-13-18(27)14-32-23-26-25-22(31-23)15(2)30-19-9-7-17(24)8-10-19/h4-12,15,18,27H,13-14H2,1-3H3/b5-4+. The lowest BCUT2D eigenvalue weighted by molar-refractivity contribution is 0.124. The molecule has 0 saturated carbocycles. The third-order valence-corrected chi connectivity index (χ3v) is 5.24. The molecule has 9 heteroatoms. The van der Waals surface area contributed by atoms with Gasteiger partial charge in [0.1, 0.15) is 18.2 Å². The number of aliphatic hydroxyl groups is 1. The molecule has 2 atom stereocenters. The number of nitrogens with zero attached hydrogens (tertiary/aromatic N) is 2. The van der Waals surface area contributed by atoms with Crippen LogP contribution in [0.2, 0.25) is 0 Å². The second-order valence-electron chi connectivity index (χ2n) is 6.81. The number of hydrogen-bond donors (Lipinski definition) is 1. The van der Waals surface area contributed by atoms with Crippen LogP contribution in [0.15, 0.2) is 58.2 Å². The number of rotatable bonds is 11. The van der Waals surface area contributed by atoms with Crippen molar-refractivity contribution < 1.29 is 28.1 Å². The number of hydrogen-bond acceptors (Lipinski definition) is 8. The summed E-state index contributed by atoms with van der Waals surface area (Å²) in [7, 11) is 1.57. The molecule has 2 unspecified atom stereocenters. The van der Waals surface area contributed by atoms with E-state index in [1.165, 1.54) is 36.0 Å². The van der Waals surface area contributed by atoms with E-state index in [2.05, 4.69) is 10.2 Å². The van der Waals surface area contributed by atoms with Gasteiger partial charge in [0, 0.05) is 5.75 Å². The van der Waals surface area contributed by atoms with E-state index >= 15 is 0 Å². The summed E-state index contributed by atoms with van der Waals surface area (Å²) in [5, 5.41) is 18.5. The van der Waals surface area contributed by atoms with Crippen LogP contribution in [0.5, 0.6) is 17.2 Å². The molecule has 0 fully saturated rings. The molecule has 32 heavy (non-hydrogen) atoms.